The summed E-state index contributed by atoms with van der Waals surface area (Å²) in [6, 6.07) is 0.464. The molecule has 1 atom stereocenters. The summed E-state index contributed by atoms with van der Waals surface area (Å²) >= 11 is 0. The molecule has 1 aromatic heterocycles. The van der Waals surface area contributed by atoms with Crippen molar-refractivity contribution in [2.75, 3.05) is 26.4 Å². The highest BCUT2D eigenvalue weighted by Gasteiger charge is 2.39. The summed E-state index contributed by atoms with van der Waals surface area (Å²) in [5.74, 6) is 0. The molecule has 118 valence electrons. The quantitative estimate of drug-likeness (QED) is 0.924. The van der Waals surface area contributed by atoms with E-state index in [1.54, 1.807) is 0 Å². The normalized spacial score (nSPS) is 25.3. The second-order valence-corrected chi connectivity index (χ2v) is 6.29. The van der Waals surface area contributed by atoms with Crippen LogP contribution in [-0.2, 0) is 16.0 Å². The van der Waals surface area contributed by atoms with Gasteiger partial charge < -0.3 is 14.8 Å². The summed E-state index contributed by atoms with van der Waals surface area (Å²) in [6.45, 7) is 8.63. The summed E-state index contributed by atoms with van der Waals surface area (Å²) in [6.07, 6.45) is 6.39. The lowest BCUT2D eigenvalue weighted by molar-refractivity contribution is -0.145. The van der Waals surface area contributed by atoms with Gasteiger partial charge in [-0.3, -0.25) is 4.68 Å². The molecule has 3 rings (SSSR count). The summed E-state index contributed by atoms with van der Waals surface area (Å²) in [5.41, 5.74) is 2.48. The van der Waals surface area contributed by atoms with E-state index in [1.165, 1.54) is 5.56 Å². The Bertz CT molecular complexity index is 461. The molecule has 1 unspecified atom stereocenters. The Hall–Kier alpha value is -0.910. The maximum Gasteiger partial charge on any atom is 0.0746 e. The molecule has 21 heavy (non-hydrogen) atoms. The molecule has 2 fully saturated rings. The summed E-state index contributed by atoms with van der Waals surface area (Å²) in [4.78, 5) is 0. The van der Waals surface area contributed by atoms with E-state index in [4.69, 9.17) is 14.6 Å². The van der Waals surface area contributed by atoms with E-state index in [-0.39, 0.29) is 5.60 Å². The number of hydrogen-bond acceptors (Lipinski definition) is 4. The third-order valence-corrected chi connectivity index (χ3v) is 4.83. The molecule has 1 aromatic rings. The highest BCUT2D eigenvalue weighted by atomic mass is 16.5. The van der Waals surface area contributed by atoms with Crippen LogP contribution in [0.5, 0.6) is 0 Å². The molecule has 5 heteroatoms. The van der Waals surface area contributed by atoms with E-state index in [2.05, 4.69) is 30.0 Å². The van der Waals surface area contributed by atoms with Gasteiger partial charge in [0, 0.05) is 38.1 Å². The first-order valence-corrected chi connectivity index (χ1v) is 8.19. The fraction of sp³-hybridized carbons (Fsp3) is 0.812. The smallest absolute Gasteiger partial charge is 0.0746 e. The number of rotatable bonds is 4. The van der Waals surface area contributed by atoms with Gasteiger partial charge in [-0.25, -0.2) is 0 Å². The molecule has 2 aliphatic heterocycles. The van der Waals surface area contributed by atoms with Crippen LogP contribution in [0.1, 0.15) is 49.9 Å². The van der Waals surface area contributed by atoms with Crippen molar-refractivity contribution >= 4 is 0 Å². The average Bonchev–Trinajstić information content (AvgIpc) is 2.87. The topological polar surface area (TPSA) is 48.3 Å². The lowest BCUT2D eigenvalue weighted by atomic mass is 9.84. The van der Waals surface area contributed by atoms with Crippen molar-refractivity contribution in [2.45, 2.75) is 57.7 Å². The van der Waals surface area contributed by atoms with E-state index >= 15 is 0 Å². The second kappa shape index (κ2) is 6.46. The zero-order valence-corrected chi connectivity index (χ0v) is 13.2. The van der Waals surface area contributed by atoms with Crippen LogP contribution in [0.15, 0.2) is 6.20 Å². The van der Waals surface area contributed by atoms with Crippen LogP contribution in [0.25, 0.3) is 0 Å². The zero-order valence-electron chi connectivity index (χ0n) is 13.2. The van der Waals surface area contributed by atoms with Crippen molar-refractivity contribution in [2.24, 2.45) is 0 Å². The largest absolute Gasteiger partial charge is 0.381 e. The molecular formula is C16H27N3O2. The Labute approximate surface area is 127 Å². The van der Waals surface area contributed by atoms with Crippen LogP contribution < -0.4 is 5.32 Å². The molecule has 2 saturated heterocycles. The Balaban J connectivity index is 1.71. The van der Waals surface area contributed by atoms with Gasteiger partial charge in [0.15, 0.2) is 0 Å². The van der Waals surface area contributed by atoms with Gasteiger partial charge in [-0.15, -0.1) is 0 Å². The molecule has 5 nitrogen and oxygen atoms in total. The molecule has 2 aliphatic rings. The molecule has 0 radical (unpaired) electrons. The SMILES string of the molecule is CCNCc1cn(C2CCOC3(CCOCC3)C2)nc1C. The summed E-state index contributed by atoms with van der Waals surface area (Å²) in [7, 11) is 0. The molecule has 0 saturated carbocycles. The van der Waals surface area contributed by atoms with Crippen LogP contribution >= 0.6 is 0 Å². The predicted molar refractivity (Wildman–Crippen MR) is 81.4 cm³/mol. The van der Waals surface area contributed by atoms with Crippen LogP contribution in [-0.4, -0.2) is 41.7 Å². The van der Waals surface area contributed by atoms with E-state index in [1.807, 2.05) is 0 Å². The molecule has 1 N–H and O–H groups in total. The van der Waals surface area contributed by atoms with Gasteiger partial charge in [-0.2, -0.15) is 5.10 Å². The Kier molecular flexibility index (Phi) is 4.62. The predicted octanol–water partition coefficient (Wildman–Crippen LogP) is 2.20. The number of hydrogen-bond donors (Lipinski definition) is 1. The van der Waals surface area contributed by atoms with Crippen molar-refractivity contribution in [3.8, 4) is 0 Å². The maximum atomic E-state index is 6.13. The number of aryl methyl sites for hydroxylation is 1. The molecule has 0 bridgehead atoms. The van der Waals surface area contributed by atoms with Crippen LogP contribution in [0.3, 0.4) is 0 Å². The van der Waals surface area contributed by atoms with Gasteiger partial charge in [-0.05, 0) is 39.2 Å². The minimum absolute atomic E-state index is 0.0306. The van der Waals surface area contributed by atoms with E-state index < -0.39 is 0 Å². The number of nitrogens with one attached hydrogen (secondary N) is 1. The number of nitrogens with zero attached hydrogens (tertiary/aromatic N) is 2. The minimum atomic E-state index is 0.0306. The summed E-state index contributed by atoms with van der Waals surface area (Å²) < 4.78 is 13.8. The lowest BCUT2D eigenvalue weighted by Gasteiger charge is -2.43. The molecule has 0 aliphatic carbocycles. The fourth-order valence-electron chi connectivity index (χ4n) is 3.46. The lowest BCUT2D eigenvalue weighted by Crippen LogP contribution is -2.44. The molecule has 3 heterocycles. The molecule has 1 spiro atoms. The van der Waals surface area contributed by atoms with Crippen molar-refractivity contribution < 1.29 is 9.47 Å². The van der Waals surface area contributed by atoms with Crippen LogP contribution in [0, 0.1) is 6.92 Å². The first-order chi connectivity index (χ1) is 10.2. The molecular weight excluding hydrogens is 266 g/mol. The van der Waals surface area contributed by atoms with Gasteiger partial charge >= 0.3 is 0 Å². The van der Waals surface area contributed by atoms with E-state index in [0.29, 0.717) is 6.04 Å². The molecule has 0 aromatic carbocycles. The van der Waals surface area contributed by atoms with E-state index in [9.17, 15) is 0 Å². The number of ether oxygens (including phenoxy) is 2. The molecule has 0 amide bonds. The maximum absolute atomic E-state index is 6.13. The van der Waals surface area contributed by atoms with Gasteiger partial charge in [-0.1, -0.05) is 6.92 Å². The summed E-state index contributed by atoms with van der Waals surface area (Å²) in [5, 5.41) is 8.14. The first-order valence-electron chi connectivity index (χ1n) is 8.19. The Morgan fingerprint density at radius 2 is 2.19 bits per heavy atom. The third-order valence-electron chi connectivity index (χ3n) is 4.83. The second-order valence-electron chi connectivity index (χ2n) is 6.29. The van der Waals surface area contributed by atoms with Crippen LogP contribution in [0.4, 0.5) is 0 Å². The highest BCUT2D eigenvalue weighted by molar-refractivity contribution is 5.15. The van der Waals surface area contributed by atoms with Crippen molar-refractivity contribution in [3.05, 3.63) is 17.5 Å². The van der Waals surface area contributed by atoms with Gasteiger partial charge in [0.2, 0.25) is 0 Å². The van der Waals surface area contributed by atoms with Crippen molar-refractivity contribution in [1.82, 2.24) is 15.1 Å². The third kappa shape index (κ3) is 3.30. The Morgan fingerprint density at radius 3 is 2.95 bits per heavy atom. The first kappa shape index (κ1) is 15.0. The minimum Gasteiger partial charge on any atom is -0.381 e. The van der Waals surface area contributed by atoms with Crippen molar-refractivity contribution in [1.29, 1.82) is 0 Å². The Morgan fingerprint density at radius 1 is 1.38 bits per heavy atom. The van der Waals surface area contributed by atoms with Gasteiger partial charge in [0.1, 0.15) is 0 Å². The fourth-order valence-corrected chi connectivity index (χ4v) is 3.46. The van der Waals surface area contributed by atoms with Gasteiger partial charge in [0.25, 0.3) is 0 Å². The highest BCUT2D eigenvalue weighted by Crippen LogP contribution is 2.39. The van der Waals surface area contributed by atoms with Crippen molar-refractivity contribution in [3.63, 3.8) is 0 Å². The van der Waals surface area contributed by atoms with Crippen LogP contribution in [0.2, 0.25) is 0 Å². The number of aromatic nitrogens is 2. The standard InChI is InChI=1S/C16H27N3O2/c1-3-17-11-14-12-19(18-13(14)2)15-4-7-21-16(10-15)5-8-20-9-6-16/h12,15,17H,3-11H2,1-2H3. The monoisotopic (exact) mass is 293 g/mol. The van der Waals surface area contributed by atoms with Gasteiger partial charge in [0.05, 0.1) is 17.3 Å². The zero-order chi connectivity index (χ0) is 14.7. The average molecular weight is 293 g/mol. The van der Waals surface area contributed by atoms with E-state index in [0.717, 1.165) is 64.3 Å².